The predicted molar refractivity (Wildman–Crippen MR) is 65.5 cm³/mol. The first-order valence-corrected chi connectivity index (χ1v) is 6.08. The second-order valence-electron chi connectivity index (χ2n) is 3.47. The van der Waals surface area contributed by atoms with E-state index in [2.05, 4.69) is 4.99 Å². The van der Waals surface area contributed by atoms with Gasteiger partial charge in [-0.3, -0.25) is 9.79 Å². The van der Waals surface area contributed by atoms with Gasteiger partial charge in [-0.1, -0.05) is 12.1 Å². The lowest BCUT2D eigenvalue weighted by atomic mass is 10.2. The van der Waals surface area contributed by atoms with Crippen LogP contribution in [0.1, 0.15) is 13.8 Å². The number of thioether (sulfide) groups is 1. The van der Waals surface area contributed by atoms with Gasteiger partial charge in [0.1, 0.15) is 5.25 Å². The monoisotopic (exact) mass is 235 g/mol. The molecular formula is C12H13NO2S. The van der Waals surface area contributed by atoms with Crippen molar-refractivity contribution in [1.29, 1.82) is 0 Å². The highest BCUT2D eigenvalue weighted by atomic mass is 32.2. The van der Waals surface area contributed by atoms with Crippen molar-refractivity contribution >= 4 is 29.1 Å². The molecule has 0 aliphatic carbocycles. The van der Waals surface area contributed by atoms with Crippen molar-refractivity contribution < 1.29 is 9.53 Å². The van der Waals surface area contributed by atoms with E-state index in [0.29, 0.717) is 6.61 Å². The molecule has 1 aromatic carbocycles. The van der Waals surface area contributed by atoms with Gasteiger partial charge in [0.25, 0.3) is 0 Å². The van der Waals surface area contributed by atoms with E-state index in [0.717, 1.165) is 16.3 Å². The zero-order valence-electron chi connectivity index (χ0n) is 9.27. The molecule has 0 saturated heterocycles. The summed E-state index contributed by atoms with van der Waals surface area (Å²) in [6, 6.07) is 7.82. The number of hydrogen-bond donors (Lipinski definition) is 0. The summed E-state index contributed by atoms with van der Waals surface area (Å²) in [5.41, 5.74) is 1.74. The molecule has 0 aromatic heterocycles. The van der Waals surface area contributed by atoms with Gasteiger partial charge in [0.2, 0.25) is 0 Å². The average molecular weight is 235 g/mol. The van der Waals surface area contributed by atoms with E-state index in [1.54, 1.807) is 0 Å². The summed E-state index contributed by atoms with van der Waals surface area (Å²) in [7, 11) is 0. The van der Waals surface area contributed by atoms with Crippen LogP contribution in [0, 0.1) is 0 Å². The molecule has 1 aliphatic heterocycles. The number of carbonyl (C=O) groups is 1. The van der Waals surface area contributed by atoms with E-state index >= 15 is 0 Å². The van der Waals surface area contributed by atoms with E-state index < -0.39 is 0 Å². The third kappa shape index (κ3) is 2.11. The Hall–Kier alpha value is -1.29. The summed E-state index contributed by atoms with van der Waals surface area (Å²) in [6.07, 6.45) is 0. The van der Waals surface area contributed by atoms with Gasteiger partial charge >= 0.3 is 5.97 Å². The van der Waals surface area contributed by atoms with Crippen molar-refractivity contribution in [2.45, 2.75) is 24.0 Å². The van der Waals surface area contributed by atoms with Gasteiger partial charge in [0.15, 0.2) is 0 Å². The van der Waals surface area contributed by atoms with Crippen LogP contribution in [-0.2, 0) is 9.53 Å². The van der Waals surface area contributed by atoms with Crippen LogP contribution in [-0.4, -0.2) is 23.5 Å². The Morgan fingerprint density at radius 3 is 3.00 bits per heavy atom. The number of nitrogens with zero attached hydrogens (tertiary/aromatic N) is 1. The van der Waals surface area contributed by atoms with E-state index in [1.807, 2.05) is 38.1 Å². The van der Waals surface area contributed by atoms with Crippen LogP contribution in [0.3, 0.4) is 0 Å². The first-order valence-electron chi connectivity index (χ1n) is 5.20. The summed E-state index contributed by atoms with van der Waals surface area (Å²) in [4.78, 5) is 17.2. The molecule has 1 atom stereocenters. The Bertz CT molecular complexity index is 442. The maximum Gasteiger partial charge on any atom is 0.325 e. The molecule has 0 saturated carbocycles. The topological polar surface area (TPSA) is 38.7 Å². The largest absolute Gasteiger partial charge is 0.465 e. The maximum absolute atomic E-state index is 11.7. The lowest BCUT2D eigenvalue weighted by Gasteiger charge is -2.20. The molecule has 1 aliphatic rings. The third-order valence-electron chi connectivity index (χ3n) is 2.29. The van der Waals surface area contributed by atoms with Crippen LogP contribution in [0.25, 0.3) is 0 Å². The van der Waals surface area contributed by atoms with E-state index in [1.165, 1.54) is 11.8 Å². The Balaban J connectivity index is 2.26. The zero-order valence-corrected chi connectivity index (χ0v) is 10.1. The Labute approximate surface area is 98.9 Å². The molecule has 3 nitrogen and oxygen atoms in total. The summed E-state index contributed by atoms with van der Waals surface area (Å²) in [5.74, 6) is -0.205. The fourth-order valence-electron chi connectivity index (χ4n) is 1.55. The van der Waals surface area contributed by atoms with Gasteiger partial charge in [0, 0.05) is 10.6 Å². The first kappa shape index (κ1) is 11.2. The molecule has 4 heteroatoms. The summed E-state index contributed by atoms with van der Waals surface area (Å²) in [5, 5.41) is -0.296. The van der Waals surface area contributed by atoms with Gasteiger partial charge in [-0.25, -0.2) is 0 Å². The highest BCUT2D eigenvalue weighted by Crippen LogP contribution is 2.37. The minimum absolute atomic E-state index is 0.205. The van der Waals surface area contributed by atoms with E-state index in [-0.39, 0.29) is 11.2 Å². The van der Waals surface area contributed by atoms with Crippen LogP contribution in [0.2, 0.25) is 0 Å². The Morgan fingerprint density at radius 1 is 1.50 bits per heavy atom. The maximum atomic E-state index is 11.7. The molecule has 0 unspecified atom stereocenters. The molecule has 84 valence electrons. The lowest BCUT2D eigenvalue weighted by Crippen LogP contribution is -2.28. The number of ether oxygens (including phenoxy) is 1. The van der Waals surface area contributed by atoms with Crippen LogP contribution in [0.5, 0.6) is 0 Å². The summed E-state index contributed by atoms with van der Waals surface area (Å²) < 4.78 is 5.03. The van der Waals surface area contributed by atoms with Gasteiger partial charge in [0.05, 0.1) is 12.3 Å². The fraction of sp³-hybridized carbons (Fsp3) is 0.333. The number of esters is 1. The van der Waals surface area contributed by atoms with Crippen LogP contribution >= 0.6 is 11.8 Å². The standard InChI is InChI=1S/C12H13NO2S/c1-3-15-12(14)11-8(2)13-9-6-4-5-7-10(9)16-11/h4-7,11H,3H2,1-2H3/t11-/m0/s1. The highest BCUT2D eigenvalue weighted by Gasteiger charge is 2.28. The number of aliphatic imine (C=N–C) groups is 1. The molecule has 1 heterocycles. The van der Waals surface area contributed by atoms with Crippen molar-refractivity contribution in [1.82, 2.24) is 0 Å². The normalized spacial score (nSPS) is 18.6. The minimum atomic E-state index is -0.296. The second-order valence-corrected chi connectivity index (χ2v) is 4.62. The molecule has 16 heavy (non-hydrogen) atoms. The predicted octanol–water partition coefficient (Wildman–Crippen LogP) is 2.82. The quantitative estimate of drug-likeness (QED) is 0.740. The summed E-state index contributed by atoms with van der Waals surface area (Å²) in [6.45, 7) is 4.08. The number of hydrogen-bond acceptors (Lipinski definition) is 4. The first-order chi connectivity index (χ1) is 7.72. The second kappa shape index (κ2) is 4.70. The number of benzene rings is 1. The lowest BCUT2D eigenvalue weighted by molar-refractivity contribution is -0.141. The SMILES string of the molecule is CCOC(=O)[C@H]1Sc2ccccc2N=C1C. The molecule has 0 bridgehead atoms. The number of para-hydroxylation sites is 1. The molecule has 2 rings (SSSR count). The van der Waals surface area contributed by atoms with Gasteiger partial charge in [-0.2, -0.15) is 0 Å². The van der Waals surface area contributed by atoms with Crippen LogP contribution in [0.4, 0.5) is 5.69 Å². The van der Waals surface area contributed by atoms with E-state index in [9.17, 15) is 4.79 Å². The van der Waals surface area contributed by atoms with Crippen LogP contribution < -0.4 is 0 Å². The van der Waals surface area contributed by atoms with Crippen molar-refractivity contribution in [2.75, 3.05) is 6.61 Å². The third-order valence-corrected chi connectivity index (χ3v) is 3.66. The molecule has 0 N–H and O–H groups in total. The zero-order chi connectivity index (χ0) is 11.5. The highest BCUT2D eigenvalue weighted by molar-refractivity contribution is 8.01. The van der Waals surface area contributed by atoms with Crippen molar-refractivity contribution in [3.8, 4) is 0 Å². The molecular weight excluding hydrogens is 222 g/mol. The smallest absolute Gasteiger partial charge is 0.325 e. The van der Waals surface area contributed by atoms with Crippen molar-refractivity contribution in [2.24, 2.45) is 4.99 Å². The number of fused-ring (bicyclic) bond motifs is 1. The summed E-state index contributed by atoms with van der Waals surface area (Å²) >= 11 is 1.51. The minimum Gasteiger partial charge on any atom is -0.465 e. The van der Waals surface area contributed by atoms with Gasteiger partial charge in [-0.05, 0) is 26.0 Å². The molecule has 0 fully saturated rings. The fourth-order valence-corrected chi connectivity index (χ4v) is 2.58. The van der Waals surface area contributed by atoms with Gasteiger partial charge < -0.3 is 4.74 Å². The van der Waals surface area contributed by atoms with Crippen molar-refractivity contribution in [3.63, 3.8) is 0 Å². The Kier molecular flexibility index (Phi) is 3.29. The molecule has 0 amide bonds. The van der Waals surface area contributed by atoms with E-state index in [4.69, 9.17) is 4.74 Å². The molecule has 1 aromatic rings. The number of rotatable bonds is 2. The van der Waals surface area contributed by atoms with Gasteiger partial charge in [-0.15, -0.1) is 11.8 Å². The molecule has 0 spiro atoms. The Morgan fingerprint density at radius 2 is 2.25 bits per heavy atom. The average Bonchev–Trinajstić information content (AvgIpc) is 2.28. The molecule has 0 radical (unpaired) electrons. The van der Waals surface area contributed by atoms with Crippen molar-refractivity contribution in [3.05, 3.63) is 24.3 Å². The van der Waals surface area contributed by atoms with Crippen LogP contribution in [0.15, 0.2) is 34.2 Å². The number of carbonyl (C=O) groups excluding carboxylic acids is 1.